The normalized spacial score (nSPS) is 15.5. The van der Waals surface area contributed by atoms with E-state index < -0.39 is 18.0 Å². The minimum absolute atomic E-state index is 0.156. The van der Waals surface area contributed by atoms with Crippen LogP contribution >= 0.6 is 0 Å². The number of nitrogens with zero attached hydrogens (tertiary/aromatic N) is 3. The number of rotatable bonds is 4. The van der Waals surface area contributed by atoms with Gasteiger partial charge < -0.3 is 10.1 Å². The number of carbonyl (C=O) groups is 3. The maximum atomic E-state index is 13.3. The van der Waals surface area contributed by atoms with E-state index in [0.717, 1.165) is 24.1 Å². The number of benzene rings is 2. The quantitative estimate of drug-likeness (QED) is 0.620. The van der Waals surface area contributed by atoms with Crippen molar-refractivity contribution in [2.24, 2.45) is 0 Å². The molecule has 8 nitrogen and oxygen atoms in total. The van der Waals surface area contributed by atoms with Crippen LogP contribution in [0.2, 0.25) is 0 Å². The Bertz CT molecular complexity index is 1270. The molecule has 3 aromatic rings. The lowest BCUT2D eigenvalue weighted by Gasteiger charge is -2.30. The minimum atomic E-state index is -1.12. The number of hydrogen-bond acceptors (Lipinski definition) is 5. The van der Waals surface area contributed by atoms with E-state index in [1.807, 2.05) is 0 Å². The maximum absolute atomic E-state index is 13.3. The van der Waals surface area contributed by atoms with Gasteiger partial charge in [0.05, 0.1) is 17.1 Å². The molecule has 2 aromatic carbocycles. The smallest absolute Gasteiger partial charge is 0.359 e. The zero-order chi connectivity index (χ0) is 23.1. The van der Waals surface area contributed by atoms with Crippen molar-refractivity contribution in [2.75, 3.05) is 16.8 Å². The standard InChI is InChI=1S/C24H21FN4O4/c1-14(23(31)28-13-21(30)26-18-6-2-3-7-20(18)28)33-24(32)22-17-5-4-8-19(17)29(27-22)16-11-9-15(25)10-12-16/h2-3,6-7,9-12,14H,4-5,8,13H2,1H3,(H,26,30)/t14-/m0/s1. The molecule has 2 amide bonds. The first-order chi connectivity index (χ1) is 15.9. The lowest BCUT2D eigenvalue weighted by molar-refractivity contribution is -0.128. The fourth-order valence-electron chi connectivity index (χ4n) is 4.31. The van der Waals surface area contributed by atoms with Gasteiger partial charge in [-0.2, -0.15) is 5.10 Å². The summed E-state index contributed by atoms with van der Waals surface area (Å²) in [6.45, 7) is 1.32. The summed E-state index contributed by atoms with van der Waals surface area (Å²) in [6.07, 6.45) is 1.15. The summed E-state index contributed by atoms with van der Waals surface area (Å²) >= 11 is 0. The van der Waals surface area contributed by atoms with Crippen LogP contribution < -0.4 is 10.2 Å². The Morgan fingerprint density at radius 2 is 1.88 bits per heavy atom. The molecule has 0 radical (unpaired) electrons. The van der Waals surface area contributed by atoms with Gasteiger partial charge in [0.2, 0.25) is 5.91 Å². The number of ether oxygens (including phenoxy) is 1. The lowest BCUT2D eigenvalue weighted by atomic mass is 10.1. The molecule has 2 heterocycles. The largest absolute Gasteiger partial charge is 0.448 e. The van der Waals surface area contributed by atoms with Crippen LogP contribution in [0.3, 0.4) is 0 Å². The average molecular weight is 448 g/mol. The van der Waals surface area contributed by atoms with Gasteiger partial charge in [0.1, 0.15) is 12.4 Å². The minimum Gasteiger partial charge on any atom is -0.448 e. The molecule has 1 aliphatic carbocycles. The molecule has 5 rings (SSSR count). The predicted molar refractivity (Wildman–Crippen MR) is 118 cm³/mol. The fourth-order valence-corrected chi connectivity index (χ4v) is 4.31. The number of nitrogens with one attached hydrogen (secondary N) is 1. The molecule has 1 aliphatic heterocycles. The third-order valence-corrected chi connectivity index (χ3v) is 5.86. The Balaban J connectivity index is 1.38. The van der Waals surface area contributed by atoms with Crippen molar-refractivity contribution < 1.29 is 23.5 Å². The molecule has 33 heavy (non-hydrogen) atoms. The molecular weight excluding hydrogens is 427 g/mol. The van der Waals surface area contributed by atoms with Gasteiger partial charge in [-0.25, -0.2) is 13.9 Å². The first-order valence-electron chi connectivity index (χ1n) is 10.7. The van der Waals surface area contributed by atoms with Crippen LogP contribution in [0.4, 0.5) is 15.8 Å². The highest BCUT2D eigenvalue weighted by Crippen LogP contribution is 2.31. The maximum Gasteiger partial charge on any atom is 0.359 e. The molecule has 9 heteroatoms. The van der Waals surface area contributed by atoms with E-state index in [-0.39, 0.29) is 24.0 Å². The predicted octanol–water partition coefficient (Wildman–Crippen LogP) is 3.03. The fraction of sp³-hybridized carbons (Fsp3) is 0.250. The lowest BCUT2D eigenvalue weighted by Crippen LogP contribution is -2.47. The van der Waals surface area contributed by atoms with Gasteiger partial charge in [-0.05, 0) is 62.6 Å². The first-order valence-corrected chi connectivity index (χ1v) is 10.7. The van der Waals surface area contributed by atoms with Crippen molar-refractivity contribution in [1.29, 1.82) is 0 Å². The van der Waals surface area contributed by atoms with Gasteiger partial charge in [-0.15, -0.1) is 0 Å². The van der Waals surface area contributed by atoms with Crippen molar-refractivity contribution in [3.05, 3.63) is 71.3 Å². The van der Waals surface area contributed by atoms with Crippen LogP contribution in [0.5, 0.6) is 0 Å². The number of anilines is 2. The summed E-state index contributed by atoms with van der Waals surface area (Å²) in [5.74, 6) is -1.89. The van der Waals surface area contributed by atoms with Gasteiger partial charge >= 0.3 is 5.97 Å². The van der Waals surface area contributed by atoms with Crippen LogP contribution in [-0.4, -0.2) is 40.2 Å². The summed E-state index contributed by atoms with van der Waals surface area (Å²) in [6, 6.07) is 12.8. The van der Waals surface area contributed by atoms with Crippen LogP contribution in [-0.2, 0) is 27.2 Å². The molecular formula is C24H21FN4O4. The third kappa shape index (κ3) is 3.75. The van der Waals surface area contributed by atoms with E-state index in [1.165, 1.54) is 24.0 Å². The topological polar surface area (TPSA) is 93.5 Å². The van der Waals surface area contributed by atoms with E-state index in [2.05, 4.69) is 10.4 Å². The number of amides is 2. The summed E-state index contributed by atoms with van der Waals surface area (Å²) in [5, 5.41) is 7.16. The Labute approximate surface area is 188 Å². The molecule has 1 aromatic heterocycles. The van der Waals surface area contributed by atoms with E-state index in [4.69, 9.17) is 4.74 Å². The summed E-state index contributed by atoms with van der Waals surface area (Å²) in [7, 11) is 0. The first kappa shape index (κ1) is 20.9. The van der Waals surface area contributed by atoms with Crippen molar-refractivity contribution >= 4 is 29.2 Å². The number of halogens is 1. The highest BCUT2D eigenvalue weighted by atomic mass is 19.1. The Hall–Kier alpha value is -4.01. The molecule has 0 saturated carbocycles. The Morgan fingerprint density at radius 1 is 1.12 bits per heavy atom. The SMILES string of the molecule is C[C@H](OC(=O)c1nn(-c2ccc(F)cc2)c2c1CCC2)C(=O)N1CC(=O)Nc2ccccc21. The third-order valence-electron chi connectivity index (χ3n) is 5.86. The Kier molecular flexibility index (Phi) is 5.16. The molecule has 0 fully saturated rings. The van der Waals surface area contributed by atoms with Crippen molar-refractivity contribution in [3.8, 4) is 5.69 Å². The molecule has 0 bridgehead atoms. The van der Waals surface area contributed by atoms with E-state index in [1.54, 1.807) is 41.1 Å². The molecule has 0 spiro atoms. The average Bonchev–Trinajstić information content (AvgIpc) is 3.41. The van der Waals surface area contributed by atoms with Gasteiger partial charge in [-0.1, -0.05) is 12.1 Å². The molecule has 2 aliphatic rings. The van der Waals surface area contributed by atoms with Crippen molar-refractivity contribution in [3.63, 3.8) is 0 Å². The molecule has 1 N–H and O–H groups in total. The van der Waals surface area contributed by atoms with Crippen LogP contribution in [0.25, 0.3) is 5.69 Å². The zero-order valence-corrected chi connectivity index (χ0v) is 17.9. The number of esters is 1. The number of para-hydroxylation sites is 2. The summed E-state index contributed by atoms with van der Waals surface area (Å²) in [4.78, 5) is 39.4. The van der Waals surface area contributed by atoms with Gasteiger partial charge in [0.25, 0.3) is 5.91 Å². The van der Waals surface area contributed by atoms with Crippen molar-refractivity contribution in [2.45, 2.75) is 32.3 Å². The van der Waals surface area contributed by atoms with Crippen LogP contribution in [0, 0.1) is 5.82 Å². The second-order valence-corrected chi connectivity index (χ2v) is 8.05. The highest BCUT2D eigenvalue weighted by Gasteiger charge is 2.34. The monoisotopic (exact) mass is 448 g/mol. The molecule has 0 saturated heterocycles. The van der Waals surface area contributed by atoms with Gasteiger partial charge in [-0.3, -0.25) is 14.5 Å². The number of fused-ring (bicyclic) bond motifs is 2. The number of aromatic nitrogens is 2. The van der Waals surface area contributed by atoms with Gasteiger partial charge in [0.15, 0.2) is 11.8 Å². The van der Waals surface area contributed by atoms with E-state index >= 15 is 0 Å². The van der Waals surface area contributed by atoms with Gasteiger partial charge in [0, 0.05) is 11.3 Å². The van der Waals surface area contributed by atoms with E-state index in [0.29, 0.717) is 23.5 Å². The number of carbonyl (C=O) groups excluding carboxylic acids is 3. The van der Waals surface area contributed by atoms with Crippen LogP contribution in [0.1, 0.15) is 35.1 Å². The molecule has 168 valence electrons. The molecule has 1 atom stereocenters. The second kappa shape index (κ2) is 8.16. The van der Waals surface area contributed by atoms with Crippen LogP contribution in [0.15, 0.2) is 48.5 Å². The van der Waals surface area contributed by atoms with E-state index in [9.17, 15) is 18.8 Å². The summed E-state index contributed by atoms with van der Waals surface area (Å²) < 4.78 is 20.5. The highest BCUT2D eigenvalue weighted by molar-refractivity contribution is 6.11. The Morgan fingerprint density at radius 3 is 2.67 bits per heavy atom. The second-order valence-electron chi connectivity index (χ2n) is 8.05. The number of hydrogen-bond donors (Lipinski definition) is 1. The zero-order valence-electron chi connectivity index (χ0n) is 17.9. The molecule has 0 unspecified atom stereocenters. The summed E-state index contributed by atoms with van der Waals surface area (Å²) in [5.41, 5.74) is 3.54. The van der Waals surface area contributed by atoms with Crippen molar-refractivity contribution in [1.82, 2.24) is 9.78 Å².